The van der Waals surface area contributed by atoms with E-state index in [4.69, 9.17) is 0 Å². The molecule has 0 saturated carbocycles. The number of unbranched alkanes of at least 4 members (excludes halogenated alkanes) is 1. The molecule has 0 aliphatic heterocycles. The van der Waals surface area contributed by atoms with Gasteiger partial charge in [0.25, 0.3) is 0 Å². The molecule has 18 heavy (non-hydrogen) atoms. The molecule has 0 bridgehead atoms. The average molecular weight is 251 g/mol. The second-order valence-electron chi connectivity index (χ2n) is 4.38. The van der Waals surface area contributed by atoms with Gasteiger partial charge in [-0.05, 0) is 25.8 Å². The van der Waals surface area contributed by atoms with Crippen LogP contribution in [0.25, 0.3) is 0 Å². The molecule has 1 N–H and O–H groups in total. The molecular formula is C13H21N3O2. The fraction of sp³-hybridized carbons (Fsp3) is 0.615. The smallest absolute Gasteiger partial charge is 0.339 e. The minimum atomic E-state index is -0.954. The molecule has 100 valence electrons. The second kappa shape index (κ2) is 6.93. The van der Waals surface area contributed by atoms with Crippen LogP contribution in [-0.4, -0.2) is 33.9 Å². The van der Waals surface area contributed by atoms with Gasteiger partial charge in [0.15, 0.2) is 5.82 Å². The lowest BCUT2D eigenvalue weighted by molar-refractivity contribution is 0.0697. The summed E-state index contributed by atoms with van der Waals surface area (Å²) in [5, 5.41) is 17.0. The first kappa shape index (κ1) is 14.4. The highest BCUT2D eigenvalue weighted by Crippen LogP contribution is 2.20. The Bertz CT molecular complexity index is 396. The quantitative estimate of drug-likeness (QED) is 0.806. The third-order valence-corrected chi connectivity index (χ3v) is 3.08. The number of nitrogens with zero attached hydrogens (tertiary/aromatic N) is 3. The predicted molar refractivity (Wildman–Crippen MR) is 71.0 cm³/mol. The van der Waals surface area contributed by atoms with E-state index in [-0.39, 0.29) is 11.6 Å². The maximum Gasteiger partial charge on any atom is 0.339 e. The molecule has 0 spiro atoms. The van der Waals surface area contributed by atoms with Crippen LogP contribution in [0.4, 0.5) is 5.82 Å². The van der Waals surface area contributed by atoms with Gasteiger partial charge in [-0.1, -0.05) is 20.3 Å². The zero-order valence-corrected chi connectivity index (χ0v) is 11.3. The summed E-state index contributed by atoms with van der Waals surface area (Å²) in [6.07, 6.45) is 4.44. The van der Waals surface area contributed by atoms with Gasteiger partial charge >= 0.3 is 5.97 Å². The zero-order valence-electron chi connectivity index (χ0n) is 11.3. The van der Waals surface area contributed by atoms with Crippen LogP contribution in [0, 0.1) is 0 Å². The fourth-order valence-corrected chi connectivity index (χ4v) is 1.79. The third kappa shape index (κ3) is 3.42. The number of carbonyl (C=O) groups is 1. The first-order chi connectivity index (χ1) is 8.61. The Hall–Kier alpha value is -1.65. The van der Waals surface area contributed by atoms with Crippen LogP contribution in [0.3, 0.4) is 0 Å². The van der Waals surface area contributed by atoms with Gasteiger partial charge in [-0.3, -0.25) is 0 Å². The summed E-state index contributed by atoms with van der Waals surface area (Å²) in [6.45, 7) is 7.09. The van der Waals surface area contributed by atoms with Crippen LogP contribution in [0.15, 0.2) is 12.3 Å². The molecule has 1 heterocycles. The third-order valence-electron chi connectivity index (χ3n) is 3.08. The number of aromatic nitrogens is 2. The highest BCUT2D eigenvalue weighted by Gasteiger charge is 2.20. The molecule has 1 aromatic rings. The monoisotopic (exact) mass is 251 g/mol. The van der Waals surface area contributed by atoms with Gasteiger partial charge < -0.3 is 10.0 Å². The molecule has 1 atom stereocenters. The number of carboxylic acid groups (broad SMARTS) is 1. The Morgan fingerprint density at radius 3 is 2.78 bits per heavy atom. The van der Waals surface area contributed by atoms with Crippen LogP contribution >= 0.6 is 0 Å². The van der Waals surface area contributed by atoms with Crippen LogP contribution in [0.2, 0.25) is 0 Å². The summed E-state index contributed by atoms with van der Waals surface area (Å²) >= 11 is 0. The summed E-state index contributed by atoms with van der Waals surface area (Å²) in [4.78, 5) is 13.3. The van der Waals surface area contributed by atoms with Gasteiger partial charge in [0.05, 0.1) is 6.20 Å². The number of aromatic carboxylic acids is 1. The highest BCUT2D eigenvalue weighted by molar-refractivity contribution is 5.93. The lowest BCUT2D eigenvalue weighted by Crippen LogP contribution is -2.35. The highest BCUT2D eigenvalue weighted by atomic mass is 16.4. The number of hydrogen-bond donors (Lipinski definition) is 1. The van der Waals surface area contributed by atoms with Crippen molar-refractivity contribution in [2.75, 3.05) is 11.4 Å². The van der Waals surface area contributed by atoms with E-state index in [1.165, 1.54) is 12.3 Å². The fourth-order valence-electron chi connectivity index (χ4n) is 1.79. The van der Waals surface area contributed by atoms with Gasteiger partial charge in [-0.15, -0.1) is 5.10 Å². The number of hydrogen-bond acceptors (Lipinski definition) is 4. The minimum Gasteiger partial charge on any atom is -0.478 e. The summed E-state index contributed by atoms with van der Waals surface area (Å²) in [5.41, 5.74) is 0.224. The van der Waals surface area contributed by atoms with Crippen molar-refractivity contribution in [1.82, 2.24) is 10.2 Å². The van der Waals surface area contributed by atoms with Crippen molar-refractivity contribution >= 4 is 11.8 Å². The predicted octanol–water partition coefficient (Wildman–Crippen LogP) is 2.58. The Kier molecular flexibility index (Phi) is 5.55. The first-order valence-corrected chi connectivity index (χ1v) is 6.43. The minimum absolute atomic E-state index is 0.224. The van der Waals surface area contributed by atoms with E-state index >= 15 is 0 Å². The van der Waals surface area contributed by atoms with E-state index in [2.05, 4.69) is 31.0 Å². The molecule has 1 aromatic heterocycles. The van der Waals surface area contributed by atoms with Crippen LogP contribution in [-0.2, 0) is 0 Å². The van der Waals surface area contributed by atoms with Crippen molar-refractivity contribution in [3.05, 3.63) is 17.8 Å². The van der Waals surface area contributed by atoms with Gasteiger partial charge in [0.2, 0.25) is 0 Å². The van der Waals surface area contributed by atoms with Gasteiger partial charge in [-0.25, -0.2) is 4.79 Å². The lowest BCUT2D eigenvalue weighted by Gasteiger charge is -2.30. The summed E-state index contributed by atoms with van der Waals surface area (Å²) in [6, 6.07) is 1.76. The van der Waals surface area contributed by atoms with Gasteiger partial charge in [0, 0.05) is 12.6 Å². The Labute approximate surface area is 108 Å². The van der Waals surface area contributed by atoms with Crippen molar-refractivity contribution in [3.8, 4) is 0 Å². The summed E-state index contributed by atoms with van der Waals surface area (Å²) in [7, 11) is 0. The zero-order chi connectivity index (χ0) is 13.5. The number of anilines is 1. The van der Waals surface area contributed by atoms with Crippen molar-refractivity contribution in [2.45, 2.75) is 46.1 Å². The van der Waals surface area contributed by atoms with Crippen molar-refractivity contribution < 1.29 is 9.90 Å². The number of rotatable bonds is 7. The summed E-state index contributed by atoms with van der Waals surface area (Å²) in [5.74, 6) is -0.475. The largest absolute Gasteiger partial charge is 0.478 e. The van der Waals surface area contributed by atoms with E-state index in [0.29, 0.717) is 5.82 Å². The molecule has 0 fully saturated rings. The lowest BCUT2D eigenvalue weighted by atomic mass is 10.1. The van der Waals surface area contributed by atoms with E-state index in [9.17, 15) is 9.90 Å². The topological polar surface area (TPSA) is 66.3 Å². The van der Waals surface area contributed by atoms with E-state index < -0.39 is 5.97 Å². The second-order valence-corrected chi connectivity index (χ2v) is 4.38. The molecule has 0 aromatic carbocycles. The Morgan fingerprint density at radius 2 is 2.22 bits per heavy atom. The molecule has 5 heteroatoms. The average Bonchev–Trinajstić information content (AvgIpc) is 2.39. The molecular weight excluding hydrogens is 230 g/mol. The maximum absolute atomic E-state index is 11.2. The van der Waals surface area contributed by atoms with Crippen molar-refractivity contribution in [2.24, 2.45) is 0 Å². The van der Waals surface area contributed by atoms with Crippen LogP contribution in [0.5, 0.6) is 0 Å². The van der Waals surface area contributed by atoms with E-state index in [0.717, 1.165) is 25.8 Å². The molecule has 0 aliphatic rings. The Balaban J connectivity index is 3.07. The van der Waals surface area contributed by atoms with E-state index in [1.54, 1.807) is 0 Å². The normalized spacial score (nSPS) is 12.2. The molecule has 0 radical (unpaired) electrons. The van der Waals surface area contributed by atoms with Gasteiger partial charge in [0.1, 0.15) is 5.56 Å². The Morgan fingerprint density at radius 1 is 1.50 bits per heavy atom. The SMILES string of the molecule is CCCCN(c1nnccc1C(=O)O)C(C)CC. The molecule has 1 rings (SSSR count). The van der Waals surface area contributed by atoms with Crippen molar-refractivity contribution in [3.63, 3.8) is 0 Å². The van der Waals surface area contributed by atoms with Crippen LogP contribution < -0.4 is 4.90 Å². The molecule has 0 saturated heterocycles. The molecule has 5 nitrogen and oxygen atoms in total. The van der Waals surface area contributed by atoms with E-state index in [1.807, 2.05) is 4.90 Å². The maximum atomic E-state index is 11.2. The standard InChI is InChI=1S/C13H21N3O2/c1-4-6-9-16(10(3)5-2)12-11(13(17)18)7-8-14-15-12/h7-8,10H,4-6,9H2,1-3H3,(H,17,18). The summed E-state index contributed by atoms with van der Waals surface area (Å²) < 4.78 is 0. The number of carboxylic acids is 1. The van der Waals surface area contributed by atoms with Crippen LogP contribution in [0.1, 0.15) is 50.4 Å². The molecule has 0 aliphatic carbocycles. The first-order valence-electron chi connectivity index (χ1n) is 6.43. The molecule has 1 unspecified atom stereocenters. The molecule has 0 amide bonds. The van der Waals surface area contributed by atoms with Crippen molar-refractivity contribution in [1.29, 1.82) is 0 Å². The van der Waals surface area contributed by atoms with Gasteiger partial charge in [-0.2, -0.15) is 5.10 Å².